The predicted molar refractivity (Wildman–Crippen MR) is 94.6 cm³/mol. The third-order valence-electron chi connectivity index (χ3n) is 4.19. The van der Waals surface area contributed by atoms with Crippen LogP contribution in [0.5, 0.6) is 0 Å². The average molecular weight is 344 g/mol. The molecule has 0 aliphatic carbocycles. The summed E-state index contributed by atoms with van der Waals surface area (Å²) in [6.45, 7) is 7.08. The molecule has 130 valence electrons. The van der Waals surface area contributed by atoms with Gasteiger partial charge in [0, 0.05) is 13.0 Å². The lowest BCUT2D eigenvalue weighted by molar-refractivity contribution is -0.116. The normalized spacial score (nSPS) is 15.9. The molecule has 0 saturated carbocycles. The van der Waals surface area contributed by atoms with Gasteiger partial charge in [-0.1, -0.05) is 19.1 Å². The first-order chi connectivity index (χ1) is 10.7. The zero-order chi connectivity index (χ0) is 15.8. The van der Waals surface area contributed by atoms with E-state index in [0.717, 1.165) is 38.6 Å². The van der Waals surface area contributed by atoms with Gasteiger partial charge in [-0.2, -0.15) is 0 Å². The summed E-state index contributed by atoms with van der Waals surface area (Å²) in [5.74, 6) is 0.239. The van der Waals surface area contributed by atoms with Crippen LogP contribution < -0.4 is 10.6 Å². The SMILES string of the molecule is CCNCC1CCN(CCC(=O)Nc2ccccc2F)CC1.Cl. The number of piperidine rings is 1. The molecular formula is C17H27ClFN3O. The van der Waals surface area contributed by atoms with Gasteiger partial charge in [-0.25, -0.2) is 4.39 Å². The first kappa shape index (κ1) is 19.9. The Morgan fingerprint density at radius 2 is 2.00 bits per heavy atom. The molecular weight excluding hydrogens is 317 g/mol. The van der Waals surface area contributed by atoms with Gasteiger partial charge in [0.05, 0.1) is 5.69 Å². The number of nitrogens with one attached hydrogen (secondary N) is 2. The Hall–Kier alpha value is -1.17. The summed E-state index contributed by atoms with van der Waals surface area (Å²) in [5, 5.41) is 6.03. The number of amides is 1. The molecule has 1 amide bonds. The van der Waals surface area contributed by atoms with Crippen LogP contribution in [0.1, 0.15) is 26.2 Å². The molecule has 1 fully saturated rings. The van der Waals surface area contributed by atoms with E-state index >= 15 is 0 Å². The number of hydrogen-bond donors (Lipinski definition) is 2. The average Bonchev–Trinajstić information content (AvgIpc) is 2.54. The van der Waals surface area contributed by atoms with E-state index in [1.54, 1.807) is 18.2 Å². The molecule has 1 aliphatic heterocycles. The second kappa shape index (κ2) is 10.6. The second-order valence-electron chi connectivity index (χ2n) is 5.87. The Kier molecular flexibility index (Phi) is 9.14. The summed E-state index contributed by atoms with van der Waals surface area (Å²) in [6, 6.07) is 6.26. The van der Waals surface area contributed by atoms with E-state index in [0.29, 0.717) is 6.42 Å². The van der Waals surface area contributed by atoms with Crippen molar-refractivity contribution in [3.05, 3.63) is 30.1 Å². The highest BCUT2D eigenvalue weighted by Gasteiger charge is 2.19. The van der Waals surface area contributed by atoms with E-state index in [-0.39, 0.29) is 29.8 Å². The number of likely N-dealkylation sites (tertiary alicyclic amines) is 1. The fraction of sp³-hybridized carbons (Fsp3) is 0.588. The molecule has 1 aliphatic rings. The van der Waals surface area contributed by atoms with Crippen LogP contribution in [-0.4, -0.2) is 43.5 Å². The minimum Gasteiger partial charge on any atom is -0.324 e. The number of halogens is 2. The predicted octanol–water partition coefficient (Wildman–Crippen LogP) is 2.90. The number of hydrogen-bond acceptors (Lipinski definition) is 3. The summed E-state index contributed by atoms with van der Waals surface area (Å²) in [5.41, 5.74) is 0.261. The first-order valence-electron chi connectivity index (χ1n) is 8.16. The number of nitrogens with zero attached hydrogens (tertiary/aromatic N) is 1. The van der Waals surface area contributed by atoms with Gasteiger partial charge in [-0.05, 0) is 57.1 Å². The fourth-order valence-electron chi connectivity index (χ4n) is 2.80. The van der Waals surface area contributed by atoms with Crippen LogP contribution in [0.2, 0.25) is 0 Å². The molecule has 0 spiro atoms. The van der Waals surface area contributed by atoms with Crippen molar-refractivity contribution in [3.8, 4) is 0 Å². The van der Waals surface area contributed by atoms with Gasteiger partial charge < -0.3 is 15.5 Å². The maximum absolute atomic E-state index is 13.5. The Labute approximate surface area is 144 Å². The number of carbonyl (C=O) groups excluding carboxylic acids is 1. The molecule has 0 radical (unpaired) electrons. The quantitative estimate of drug-likeness (QED) is 0.800. The number of rotatable bonds is 7. The maximum atomic E-state index is 13.5. The van der Waals surface area contributed by atoms with Gasteiger partial charge in [-0.3, -0.25) is 4.79 Å². The number of benzene rings is 1. The number of para-hydroxylation sites is 1. The summed E-state index contributed by atoms with van der Waals surface area (Å²) in [6.07, 6.45) is 2.77. The highest BCUT2D eigenvalue weighted by molar-refractivity contribution is 5.90. The second-order valence-corrected chi connectivity index (χ2v) is 5.87. The Balaban J connectivity index is 0.00000264. The third kappa shape index (κ3) is 6.85. The lowest BCUT2D eigenvalue weighted by atomic mass is 9.96. The van der Waals surface area contributed by atoms with Crippen molar-refractivity contribution in [2.24, 2.45) is 5.92 Å². The van der Waals surface area contributed by atoms with Gasteiger partial charge in [0.1, 0.15) is 5.82 Å². The molecule has 2 rings (SSSR count). The minimum atomic E-state index is -0.389. The molecule has 1 saturated heterocycles. The number of anilines is 1. The van der Waals surface area contributed by atoms with Gasteiger partial charge in [0.15, 0.2) is 0 Å². The lowest BCUT2D eigenvalue weighted by Gasteiger charge is -2.31. The van der Waals surface area contributed by atoms with Gasteiger partial charge in [0.25, 0.3) is 0 Å². The Morgan fingerprint density at radius 1 is 1.30 bits per heavy atom. The van der Waals surface area contributed by atoms with Crippen LogP contribution in [0.15, 0.2) is 24.3 Å². The van der Waals surface area contributed by atoms with E-state index in [9.17, 15) is 9.18 Å². The maximum Gasteiger partial charge on any atom is 0.225 e. The lowest BCUT2D eigenvalue weighted by Crippen LogP contribution is -2.38. The van der Waals surface area contributed by atoms with Crippen LogP contribution in [0.3, 0.4) is 0 Å². The minimum absolute atomic E-state index is 0. The van der Waals surface area contributed by atoms with Gasteiger partial charge in [0.2, 0.25) is 5.91 Å². The smallest absolute Gasteiger partial charge is 0.225 e. The molecule has 0 atom stereocenters. The molecule has 1 heterocycles. The molecule has 2 N–H and O–H groups in total. The fourth-order valence-corrected chi connectivity index (χ4v) is 2.80. The van der Waals surface area contributed by atoms with Crippen LogP contribution >= 0.6 is 12.4 Å². The zero-order valence-electron chi connectivity index (χ0n) is 13.7. The van der Waals surface area contributed by atoms with Crippen molar-refractivity contribution < 1.29 is 9.18 Å². The largest absolute Gasteiger partial charge is 0.324 e. The van der Waals surface area contributed by atoms with Gasteiger partial charge in [-0.15, -0.1) is 12.4 Å². The Morgan fingerprint density at radius 3 is 2.65 bits per heavy atom. The van der Waals surface area contributed by atoms with Crippen LogP contribution in [0.25, 0.3) is 0 Å². The number of carbonyl (C=O) groups is 1. The molecule has 23 heavy (non-hydrogen) atoms. The van der Waals surface area contributed by atoms with Crippen LogP contribution in [-0.2, 0) is 4.79 Å². The molecule has 0 aromatic heterocycles. The first-order valence-corrected chi connectivity index (χ1v) is 8.16. The Bertz CT molecular complexity index is 479. The molecule has 6 heteroatoms. The highest BCUT2D eigenvalue weighted by Crippen LogP contribution is 2.17. The van der Waals surface area contributed by atoms with E-state index in [1.165, 1.54) is 18.9 Å². The molecule has 0 bridgehead atoms. The molecule has 1 aromatic rings. The van der Waals surface area contributed by atoms with Crippen molar-refractivity contribution in [2.75, 3.05) is 38.0 Å². The van der Waals surface area contributed by atoms with E-state index in [2.05, 4.69) is 22.5 Å². The van der Waals surface area contributed by atoms with Crippen LogP contribution in [0.4, 0.5) is 10.1 Å². The van der Waals surface area contributed by atoms with Gasteiger partial charge >= 0.3 is 0 Å². The zero-order valence-corrected chi connectivity index (χ0v) is 14.5. The highest BCUT2D eigenvalue weighted by atomic mass is 35.5. The standard InChI is InChI=1S/C17H26FN3O.ClH/c1-2-19-13-14-7-10-21(11-8-14)12-9-17(22)20-16-6-4-3-5-15(16)18;/h3-6,14,19H,2,7-13H2,1H3,(H,20,22);1H. The van der Waals surface area contributed by atoms with Crippen molar-refractivity contribution >= 4 is 24.0 Å². The summed E-state index contributed by atoms with van der Waals surface area (Å²) in [4.78, 5) is 14.2. The van der Waals surface area contributed by atoms with E-state index < -0.39 is 0 Å². The molecule has 1 aromatic carbocycles. The summed E-state index contributed by atoms with van der Waals surface area (Å²) in [7, 11) is 0. The summed E-state index contributed by atoms with van der Waals surface area (Å²) >= 11 is 0. The summed E-state index contributed by atoms with van der Waals surface area (Å²) < 4.78 is 13.5. The van der Waals surface area contributed by atoms with Crippen molar-refractivity contribution in [2.45, 2.75) is 26.2 Å². The third-order valence-corrected chi connectivity index (χ3v) is 4.19. The van der Waals surface area contributed by atoms with E-state index in [4.69, 9.17) is 0 Å². The van der Waals surface area contributed by atoms with Crippen molar-refractivity contribution in [1.82, 2.24) is 10.2 Å². The molecule has 0 unspecified atom stereocenters. The molecule has 4 nitrogen and oxygen atoms in total. The van der Waals surface area contributed by atoms with Crippen LogP contribution in [0, 0.1) is 11.7 Å². The monoisotopic (exact) mass is 343 g/mol. The topological polar surface area (TPSA) is 44.4 Å². The van der Waals surface area contributed by atoms with Crippen molar-refractivity contribution in [1.29, 1.82) is 0 Å². The van der Waals surface area contributed by atoms with Crippen molar-refractivity contribution in [3.63, 3.8) is 0 Å². The van der Waals surface area contributed by atoms with E-state index in [1.807, 2.05) is 0 Å².